The Morgan fingerprint density at radius 1 is 1.50 bits per heavy atom. The van der Waals surface area contributed by atoms with Crippen molar-refractivity contribution in [2.75, 3.05) is 6.26 Å². The maximum atomic E-state index is 10.3. The minimum Gasteiger partial charge on any atom is -0.478 e. The predicted molar refractivity (Wildman–Crippen MR) is 54.9 cm³/mol. The fraction of sp³-hybridized carbons (Fsp3) is 0.625. The van der Waals surface area contributed by atoms with Crippen LogP contribution in [0.2, 0.25) is 0 Å². The van der Waals surface area contributed by atoms with Gasteiger partial charge in [0.05, 0.1) is 6.26 Å². The molecule has 0 atom stereocenters. The molecular formula is C8H13ClO4S. The zero-order valence-electron chi connectivity index (χ0n) is 7.86. The van der Waals surface area contributed by atoms with Crippen LogP contribution in [0.3, 0.4) is 0 Å². The first-order chi connectivity index (χ1) is 6.30. The molecule has 0 amide bonds. The molecule has 0 unspecified atom stereocenters. The number of aliphatic carboxylic acids is 1. The van der Waals surface area contributed by atoms with Crippen molar-refractivity contribution in [3.63, 3.8) is 0 Å². The third-order valence-electron chi connectivity index (χ3n) is 1.57. The van der Waals surface area contributed by atoms with Crippen molar-refractivity contribution in [2.45, 2.75) is 25.7 Å². The van der Waals surface area contributed by atoms with Crippen molar-refractivity contribution in [3.8, 4) is 0 Å². The number of hydrogen-bond acceptors (Lipinski definition) is 3. The van der Waals surface area contributed by atoms with Crippen LogP contribution in [-0.2, 0) is 13.8 Å². The van der Waals surface area contributed by atoms with E-state index in [1.165, 1.54) is 0 Å². The van der Waals surface area contributed by atoms with Gasteiger partial charge in [-0.1, -0.05) is 6.08 Å². The van der Waals surface area contributed by atoms with Gasteiger partial charge in [-0.25, -0.2) is 13.2 Å². The fourth-order valence-electron chi connectivity index (χ4n) is 1.03. The Balaban J connectivity index is 0.000000292. The lowest BCUT2D eigenvalue weighted by Gasteiger charge is -2.06. The van der Waals surface area contributed by atoms with Gasteiger partial charge in [0.2, 0.25) is 9.05 Å². The van der Waals surface area contributed by atoms with Crippen molar-refractivity contribution >= 4 is 25.7 Å². The van der Waals surface area contributed by atoms with E-state index in [1.807, 2.05) is 6.08 Å². The molecule has 0 aromatic rings. The van der Waals surface area contributed by atoms with Gasteiger partial charge in [0.1, 0.15) is 0 Å². The Hall–Kier alpha value is -0.550. The average molecular weight is 241 g/mol. The second-order valence-electron chi connectivity index (χ2n) is 2.96. The summed E-state index contributed by atoms with van der Waals surface area (Å²) >= 11 is 0. The van der Waals surface area contributed by atoms with Gasteiger partial charge in [-0.15, -0.1) is 0 Å². The highest BCUT2D eigenvalue weighted by atomic mass is 35.7. The minimum atomic E-state index is -3.19. The molecule has 0 aliphatic heterocycles. The van der Waals surface area contributed by atoms with Crippen LogP contribution < -0.4 is 0 Å². The number of allylic oxidation sites excluding steroid dienone is 1. The van der Waals surface area contributed by atoms with Gasteiger partial charge < -0.3 is 5.11 Å². The number of carboxylic acid groups (broad SMARTS) is 1. The molecule has 0 saturated heterocycles. The Morgan fingerprint density at radius 3 is 2.21 bits per heavy atom. The monoisotopic (exact) mass is 240 g/mol. The van der Waals surface area contributed by atoms with Crippen LogP contribution in [0.4, 0.5) is 0 Å². The maximum Gasteiger partial charge on any atom is 0.331 e. The van der Waals surface area contributed by atoms with E-state index in [9.17, 15) is 13.2 Å². The molecule has 0 saturated carbocycles. The first-order valence-corrected chi connectivity index (χ1v) is 6.84. The highest BCUT2D eigenvalue weighted by Gasteiger charge is 2.08. The van der Waals surface area contributed by atoms with Gasteiger partial charge in [0, 0.05) is 16.3 Å². The normalized spacial score (nSPS) is 16.3. The molecule has 0 heterocycles. The highest BCUT2D eigenvalue weighted by Crippen LogP contribution is 2.16. The fourth-order valence-corrected chi connectivity index (χ4v) is 1.03. The van der Waals surface area contributed by atoms with Crippen molar-refractivity contribution < 1.29 is 18.3 Å². The Bertz CT molecular complexity index is 310. The summed E-state index contributed by atoms with van der Waals surface area (Å²) < 4.78 is 18.8. The molecule has 1 N–H and O–H groups in total. The maximum absolute atomic E-state index is 10.3. The summed E-state index contributed by atoms with van der Waals surface area (Å²) in [6.07, 6.45) is 6.65. The van der Waals surface area contributed by atoms with E-state index in [0.29, 0.717) is 5.57 Å². The van der Waals surface area contributed by atoms with Crippen LogP contribution in [0.25, 0.3) is 0 Å². The predicted octanol–water partition coefficient (Wildman–Crippen LogP) is 1.76. The molecule has 1 aliphatic rings. The van der Waals surface area contributed by atoms with Gasteiger partial charge in [-0.05, 0) is 25.7 Å². The van der Waals surface area contributed by atoms with Gasteiger partial charge >= 0.3 is 5.97 Å². The molecule has 1 rings (SSSR count). The van der Waals surface area contributed by atoms with E-state index in [-0.39, 0.29) is 0 Å². The van der Waals surface area contributed by atoms with Crippen LogP contribution in [0, 0.1) is 0 Å². The zero-order chi connectivity index (χ0) is 11.2. The largest absolute Gasteiger partial charge is 0.478 e. The summed E-state index contributed by atoms with van der Waals surface area (Å²) in [6.45, 7) is 0. The highest BCUT2D eigenvalue weighted by molar-refractivity contribution is 8.13. The van der Waals surface area contributed by atoms with Crippen LogP contribution in [0.15, 0.2) is 11.6 Å². The van der Waals surface area contributed by atoms with Crippen LogP contribution in [0.5, 0.6) is 0 Å². The van der Waals surface area contributed by atoms with Gasteiger partial charge in [0.15, 0.2) is 0 Å². The number of carboxylic acids is 1. The van der Waals surface area contributed by atoms with Crippen molar-refractivity contribution in [3.05, 3.63) is 11.6 Å². The lowest BCUT2D eigenvalue weighted by molar-refractivity contribution is -0.132. The average Bonchev–Trinajstić information content (AvgIpc) is 2.03. The van der Waals surface area contributed by atoms with E-state index in [4.69, 9.17) is 5.11 Å². The summed E-state index contributed by atoms with van der Waals surface area (Å²) in [7, 11) is 1.31. The number of carbonyl (C=O) groups is 1. The van der Waals surface area contributed by atoms with Gasteiger partial charge in [0.25, 0.3) is 0 Å². The second-order valence-corrected chi connectivity index (χ2v) is 6.01. The zero-order valence-corrected chi connectivity index (χ0v) is 9.44. The van der Waals surface area contributed by atoms with E-state index in [0.717, 1.165) is 31.9 Å². The van der Waals surface area contributed by atoms with Gasteiger partial charge in [-0.3, -0.25) is 0 Å². The standard InChI is InChI=1S/C7H10O2.CH3ClO2S/c8-7(9)6-4-2-1-3-5-6;1-5(2,3)4/h4H,1-3,5H2,(H,8,9);1H3. The molecule has 0 aromatic heterocycles. The Labute approximate surface area is 88.0 Å². The van der Waals surface area contributed by atoms with Crippen LogP contribution in [-0.4, -0.2) is 25.7 Å². The summed E-state index contributed by atoms with van der Waals surface area (Å²) in [5.74, 6) is -0.741. The Kier molecular flexibility index (Phi) is 5.79. The van der Waals surface area contributed by atoms with E-state index in [2.05, 4.69) is 10.7 Å². The van der Waals surface area contributed by atoms with E-state index < -0.39 is 15.0 Å². The third-order valence-corrected chi connectivity index (χ3v) is 1.57. The molecule has 82 valence electrons. The minimum absolute atomic E-state index is 0.598. The molecule has 4 nitrogen and oxygen atoms in total. The first-order valence-electron chi connectivity index (χ1n) is 4.12. The molecule has 0 radical (unpaired) electrons. The van der Waals surface area contributed by atoms with Crippen LogP contribution >= 0.6 is 10.7 Å². The summed E-state index contributed by atoms with van der Waals surface area (Å²) in [4.78, 5) is 10.3. The lowest BCUT2D eigenvalue weighted by atomic mass is 10.0. The second kappa shape index (κ2) is 6.03. The van der Waals surface area contributed by atoms with Crippen molar-refractivity contribution in [1.82, 2.24) is 0 Å². The number of rotatable bonds is 1. The quantitative estimate of drug-likeness (QED) is 0.709. The summed E-state index contributed by atoms with van der Waals surface area (Å²) in [5.41, 5.74) is 0.598. The molecular weight excluding hydrogens is 228 g/mol. The molecule has 0 aromatic carbocycles. The molecule has 14 heavy (non-hydrogen) atoms. The third kappa shape index (κ3) is 9.54. The number of hydrogen-bond donors (Lipinski definition) is 1. The lowest BCUT2D eigenvalue weighted by Crippen LogP contribution is -2.03. The smallest absolute Gasteiger partial charge is 0.331 e. The van der Waals surface area contributed by atoms with Crippen molar-refractivity contribution in [2.24, 2.45) is 0 Å². The topological polar surface area (TPSA) is 71.4 Å². The molecule has 0 fully saturated rings. The summed E-state index contributed by atoms with van der Waals surface area (Å²) in [5, 5.41) is 8.47. The summed E-state index contributed by atoms with van der Waals surface area (Å²) in [6, 6.07) is 0. The molecule has 6 heteroatoms. The van der Waals surface area contributed by atoms with Crippen LogP contribution in [0.1, 0.15) is 25.7 Å². The Morgan fingerprint density at radius 2 is 2.00 bits per heavy atom. The van der Waals surface area contributed by atoms with E-state index in [1.54, 1.807) is 0 Å². The van der Waals surface area contributed by atoms with Crippen molar-refractivity contribution in [1.29, 1.82) is 0 Å². The molecule has 1 aliphatic carbocycles. The van der Waals surface area contributed by atoms with E-state index >= 15 is 0 Å². The first kappa shape index (κ1) is 13.4. The van der Waals surface area contributed by atoms with Gasteiger partial charge in [-0.2, -0.15) is 0 Å². The number of halogens is 1. The SMILES string of the molecule is CS(=O)(=O)Cl.O=C(O)C1=CCCCC1. The molecule has 0 spiro atoms. The molecule has 0 bridgehead atoms.